The lowest BCUT2D eigenvalue weighted by Crippen LogP contribution is -2.43. The van der Waals surface area contributed by atoms with Gasteiger partial charge in [-0.25, -0.2) is 4.68 Å². The molecule has 1 aromatic heterocycles. The fourth-order valence-corrected chi connectivity index (χ4v) is 3.03. The number of nitrogens with zero attached hydrogens (tertiary/aromatic N) is 4. The van der Waals surface area contributed by atoms with Crippen molar-refractivity contribution in [3.8, 4) is 5.69 Å². The van der Waals surface area contributed by atoms with Crippen LogP contribution in [-0.4, -0.2) is 44.6 Å². The van der Waals surface area contributed by atoms with Crippen LogP contribution in [0.5, 0.6) is 0 Å². The van der Waals surface area contributed by atoms with Gasteiger partial charge in [-0.05, 0) is 37.9 Å². The molecule has 0 amide bonds. The highest BCUT2D eigenvalue weighted by molar-refractivity contribution is 5.33. The van der Waals surface area contributed by atoms with Gasteiger partial charge in [0.25, 0.3) is 0 Å². The van der Waals surface area contributed by atoms with E-state index in [0.29, 0.717) is 0 Å². The maximum absolute atomic E-state index is 11.0. The summed E-state index contributed by atoms with van der Waals surface area (Å²) in [5.74, 6) is 0. The molecule has 1 N–H and O–H groups in total. The van der Waals surface area contributed by atoms with E-state index in [9.17, 15) is 5.11 Å². The van der Waals surface area contributed by atoms with Crippen molar-refractivity contribution >= 4 is 0 Å². The summed E-state index contributed by atoms with van der Waals surface area (Å²) in [4.78, 5) is 2.41. The zero-order valence-corrected chi connectivity index (χ0v) is 12.4. The monoisotopic (exact) mass is 286 g/mol. The quantitative estimate of drug-likeness (QED) is 0.933. The number of aliphatic hydroxyl groups is 1. The van der Waals surface area contributed by atoms with E-state index in [4.69, 9.17) is 0 Å². The molecule has 112 valence electrons. The van der Waals surface area contributed by atoms with Gasteiger partial charge >= 0.3 is 0 Å². The van der Waals surface area contributed by atoms with E-state index in [2.05, 4.69) is 22.1 Å². The van der Waals surface area contributed by atoms with Crippen LogP contribution in [0.2, 0.25) is 0 Å². The van der Waals surface area contributed by atoms with Crippen LogP contribution in [-0.2, 0) is 5.60 Å². The summed E-state index contributed by atoms with van der Waals surface area (Å²) in [6, 6.07) is 9.86. The topological polar surface area (TPSA) is 54.2 Å². The first-order chi connectivity index (χ1) is 10.2. The first-order valence-corrected chi connectivity index (χ1v) is 7.64. The van der Waals surface area contributed by atoms with Gasteiger partial charge in [0.2, 0.25) is 0 Å². The Hall–Kier alpha value is -1.72. The molecular formula is C16H22N4O. The molecule has 1 aromatic carbocycles. The summed E-state index contributed by atoms with van der Waals surface area (Å²) in [5, 5.41) is 19.2. The highest BCUT2D eigenvalue weighted by Gasteiger charge is 2.37. The average molecular weight is 286 g/mol. The van der Waals surface area contributed by atoms with Crippen LogP contribution in [0.25, 0.3) is 5.69 Å². The molecule has 0 bridgehead atoms. The first kappa shape index (κ1) is 14.2. The second-order valence-corrected chi connectivity index (χ2v) is 5.74. The average Bonchev–Trinajstić information content (AvgIpc) is 3.01. The normalized spacial score (nSPS) is 18.8. The van der Waals surface area contributed by atoms with E-state index < -0.39 is 5.60 Å². The van der Waals surface area contributed by atoms with E-state index in [1.54, 1.807) is 10.9 Å². The predicted octanol–water partition coefficient (Wildman–Crippen LogP) is 1.96. The third kappa shape index (κ3) is 2.84. The lowest BCUT2D eigenvalue weighted by Gasteiger charge is -2.37. The van der Waals surface area contributed by atoms with Crippen LogP contribution >= 0.6 is 0 Å². The Morgan fingerprint density at radius 1 is 1.19 bits per heavy atom. The van der Waals surface area contributed by atoms with Crippen molar-refractivity contribution in [1.29, 1.82) is 0 Å². The molecule has 3 rings (SSSR count). The van der Waals surface area contributed by atoms with Crippen LogP contribution in [0.1, 0.15) is 31.9 Å². The second kappa shape index (κ2) is 5.95. The molecule has 2 aromatic rings. The molecule has 21 heavy (non-hydrogen) atoms. The zero-order chi connectivity index (χ0) is 14.7. The summed E-state index contributed by atoms with van der Waals surface area (Å²) in [7, 11) is 0. The highest BCUT2D eigenvalue weighted by Crippen LogP contribution is 2.33. The molecule has 1 aliphatic rings. The Kier molecular flexibility index (Phi) is 4.03. The van der Waals surface area contributed by atoms with Gasteiger partial charge in [0, 0.05) is 13.1 Å². The summed E-state index contributed by atoms with van der Waals surface area (Å²) in [5.41, 5.74) is 0.906. The molecule has 5 nitrogen and oxygen atoms in total. The van der Waals surface area contributed by atoms with Crippen LogP contribution in [0.4, 0.5) is 0 Å². The van der Waals surface area contributed by atoms with E-state index in [-0.39, 0.29) is 0 Å². The van der Waals surface area contributed by atoms with Crippen molar-refractivity contribution in [2.24, 2.45) is 0 Å². The molecule has 0 atom stereocenters. The van der Waals surface area contributed by atoms with Gasteiger partial charge in [0.15, 0.2) is 0 Å². The Labute approximate surface area is 125 Å². The van der Waals surface area contributed by atoms with Crippen LogP contribution < -0.4 is 0 Å². The summed E-state index contributed by atoms with van der Waals surface area (Å²) < 4.78 is 1.76. The second-order valence-electron chi connectivity index (χ2n) is 5.74. The number of para-hydroxylation sites is 1. The van der Waals surface area contributed by atoms with Crippen LogP contribution in [0.15, 0.2) is 36.5 Å². The Morgan fingerprint density at radius 2 is 1.90 bits per heavy atom. The molecule has 0 saturated carbocycles. The van der Waals surface area contributed by atoms with E-state index in [1.807, 2.05) is 30.3 Å². The number of aromatic nitrogens is 3. The lowest BCUT2D eigenvalue weighted by molar-refractivity contribution is -0.0309. The third-order valence-electron chi connectivity index (χ3n) is 4.25. The van der Waals surface area contributed by atoms with Gasteiger partial charge in [-0.15, -0.1) is 5.10 Å². The van der Waals surface area contributed by atoms with Crippen molar-refractivity contribution in [2.75, 3.05) is 19.6 Å². The smallest absolute Gasteiger partial charge is 0.111 e. The molecule has 0 aliphatic carbocycles. The number of rotatable bonds is 4. The molecule has 0 unspecified atom stereocenters. The fourth-order valence-electron chi connectivity index (χ4n) is 3.03. The standard InChI is InChI=1S/C16H22N4O/c1-2-10-19-11-8-16(21,9-12-19)15-13-17-18-20(15)14-6-4-3-5-7-14/h3-7,13,21H,2,8-12H2,1H3. The van der Waals surface area contributed by atoms with E-state index in [0.717, 1.165) is 50.3 Å². The number of piperidine rings is 1. The summed E-state index contributed by atoms with van der Waals surface area (Å²) in [6.45, 7) is 5.14. The van der Waals surface area contributed by atoms with Crippen molar-refractivity contribution < 1.29 is 5.11 Å². The van der Waals surface area contributed by atoms with Crippen LogP contribution in [0.3, 0.4) is 0 Å². The van der Waals surface area contributed by atoms with Gasteiger partial charge < -0.3 is 10.0 Å². The van der Waals surface area contributed by atoms with Crippen molar-refractivity contribution in [3.63, 3.8) is 0 Å². The van der Waals surface area contributed by atoms with Crippen molar-refractivity contribution in [2.45, 2.75) is 31.8 Å². The summed E-state index contributed by atoms with van der Waals surface area (Å²) in [6.07, 6.45) is 4.31. The molecule has 1 saturated heterocycles. The number of likely N-dealkylation sites (tertiary alicyclic amines) is 1. The van der Waals surface area contributed by atoms with Gasteiger partial charge in [0.05, 0.1) is 17.6 Å². The van der Waals surface area contributed by atoms with E-state index in [1.165, 1.54) is 0 Å². The van der Waals surface area contributed by atoms with Crippen LogP contribution in [0, 0.1) is 0 Å². The third-order valence-corrected chi connectivity index (χ3v) is 4.25. The number of hydrogen-bond donors (Lipinski definition) is 1. The minimum Gasteiger partial charge on any atom is -0.383 e. The van der Waals surface area contributed by atoms with Gasteiger partial charge in [-0.1, -0.05) is 30.3 Å². The largest absolute Gasteiger partial charge is 0.383 e. The SMILES string of the molecule is CCCN1CCC(O)(c2cnnn2-c2ccccc2)CC1. The maximum atomic E-state index is 11.0. The molecule has 0 radical (unpaired) electrons. The van der Waals surface area contributed by atoms with E-state index >= 15 is 0 Å². The zero-order valence-electron chi connectivity index (χ0n) is 12.4. The molecule has 1 fully saturated rings. The molecular weight excluding hydrogens is 264 g/mol. The molecule has 1 aliphatic heterocycles. The summed E-state index contributed by atoms with van der Waals surface area (Å²) >= 11 is 0. The van der Waals surface area contributed by atoms with Crippen molar-refractivity contribution in [3.05, 3.63) is 42.2 Å². The number of benzene rings is 1. The molecule has 0 spiro atoms. The maximum Gasteiger partial charge on any atom is 0.111 e. The Morgan fingerprint density at radius 3 is 2.57 bits per heavy atom. The molecule has 5 heteroatoms. The predicted molar refractivity (Wildman–Crippen MR) is 81.2 cm³/mol. The lowest BCUT2D eigenvalue weighted by atomic mass is 9.88. The highest BCUT2D eigenvalue weighted by atomic mass is 16.3. The Balaban J connectivity index is 1.83. The Bertz CT molecular complexity index is 573. The van der Waals surface area contributed by atoms with Gasteiger partial charge in [-0.3, -0.25) is 0 Å². The minimum atomic E-state index is -0.830. The molecule has 2 heterocycles. The van der Waals surface area contributed by atoms with Crippen molar-refractivity contribution in [1.82, 2.24) is 19.9 Å². The minimum absolute atomic E-state index is 0.729. The fraction of sp³-hybridized carbons (Fsp3) is 0.500. The van der Waals surface area contributed by atoms with Gasteiger partial charge in [0.1, 0.15) is 5.60 Å². The number of hydrogen-bond acceptors (Lipinski definition) is 4. The van der Waals surface area contributed by atoms with Gasteiger partial charge in [-0.2, -0.15) is 0 Å². The first-order valence-electron chi connectivity index (χ1n) is 7.64.